The first-order valence-corrected chi connectivity index (χ1v) is 5.88. The zero-order chi connectivity index (χ0) is 13.7. The van der Waals surface area contributed by atoms with Crippen LogP contribution >= 0.6 is 0 Å². The molecule has 0 bridgehead atoms. The van der Waals surface area contributed by atoms with E-state index in [1.807, 2.05) is 0 Å². The summed E-state index contributed by atoms with van der Waals surface area (Å²) in [6.07, 6.45) is 1.32. The van der Waals surface area contributed by atoms with E-state index in [9.17, 15) is 4.39 Å². The van der Waals surface area contributed by atoms with Gasteiger partial charge in [-0.1, -0.05) is 0 Å². The Morgan fingerprint density at radius 1 is 1.26 bits per heavy atom. The third-order valence-corrected chi connectivity index (χ3v) is 2.47. The summed E-state index contributed by atoms with van der Waals surface area (Å²) in [6.45, 7) is 2.52. The predicted molar refractivity (Wildman–Crippen MR) is 71.0 cm³/mol. The molecule has 0 unspecified atom stereocenters. The maximum Gasteiger partial charge on any atom is 0.186 e. The minimum atomic E-state index is -0.453. The number of nitrogens with one attached hydrogen (secondary N) is 1. The van der Waals surface area contributed by atoms with Crippen LogP contribution in [0.5, 0.6) is 5.75 Å². The molecule has 0 saturated carbocycles. The van der Waals surface area contributed by atoms with Crippen LogP contribution in [0.3, 0.4) is 0 Å². The van der Waals surface area contributed by atoms with Gasteiger partial charge in [-0.2, -0.15) is 0 Å². The molecule has 0 spiro atoms. The van der Waals surface area contributed by atoms with Crippen LogP contribution in [-0.2, 0) is 0 Å². The molecule has 5 nitrogen and oxygen atoms in total. The second kappa shape index (κ2) is 6.10. The van der Waals surface area contributed by atoms with Crippen LogP contribution in [-0.4, -0.2) is 23.1 Å². The van der Waals surface area contributed by atoms with E-state index in [0.29, 0.717) is 18.8 Å². The number of halogens is 1. The van der Waals surface area contributed by atoms with Crippen molar-refractivity contribution in [2.24, 2.45) is 5.73 Å². The number of anilines is 2. The molecule has 0 aliphatic carbocycles. The van der Waals surface area contributed by atoms with E-state index in [2.05, 4.69) is 15.3 Å². The molecule has 1 aromatic carbocycles. The van der Waals surface area contributed by atoms with Crippen LogP contribution in [0, 0.1) is 12.7 Å². The number of hydrogen-bond acceptors (Lipinski definition) is 5. The molecule has 0 amide bonds. The van der Waals surface area contributed by atoms with Crippen molar-refractivity contribution in [3.63, 3.8) is 0 Å². The molecule has 2 rings (SSSR count). The van der Waals surface area contributed by atoms with Gasteiger partial charge in [0.05, 0.1) is 5.69 Å². The van der Waals surface area contributed by atoms with Crippen molar-refractivity contribution >= 4 is 11.5 Å². The van der Waals surface area contributed by atoms with E-state index in [1.54, 1.807) is 31.2 Å². The summed E-state index contributed by atoms with van der Waals surface area (Å²) < 4.78 is 19.1. The summed E-state index contributed by atoms with van der Waals surface area (Å²) in [4.78, 5) is 7.63. The highest BCUT2D eigenvalue weighted by Gasteiger charge is 2.07. The van der Waals surface area contributed by atoms with Crippen molar-refractivity contribution in [3.05, 3.63) is 42.1 Å². The Morgan fingerprint density at radius 3 is 2.68 bits per heavy atom. The van der Waals surface area contributed by atoms with E-state index in [-0.39, 0.29) is 5.82 Å². The van der Waals surface area contributed by atoms with E-state index < -0.39 is 5.82 Å². The lowest BCUT2D eigenvalue weighted by Crippen LogP contribution is -2.10. The SMILES string of the molecule is Cc1ncnc(Nc2ccc(OCCN)cc2)c1F. The Balaban J connectivity index is 2.09. The molecule has 1 aromatic heterocycles. The van der Waals surface area contributed by atoms with Gasteiger partial charge in [-0.15, -0.1) is 0 Å². The average Bonchev–Trinajstić information content (AvgIpc) is 2.43. The molecular formula is C13H15FN4O. The molecular weight excluding hydrogens is 247 g/mol. The molecule has 3 N–H and O–H groups in total. The molecule has 0 saturated heterocycles. The standard InChI is InChI=1S/C13H15FN4O/c1-9-12(14)13(17-8-16-9)18-10-2-4-11(5-3-10)19-7-6-15/h2-5,8H,6-7,15H2,1H3,(H,16,17,18). The second-order valence-electron chi connectivity index (χ2n) is 3.91. The minimum absolute atomic E-state index is 0.156. The Labute approximate surface area is 110 Å². The van der Waals surface area contributed by atoms with Gasteiger partial charge in [-0.25, -0.2) is 14.4 Å². The fraction of sp³-hybridized carbons (Fsp3) is 0.231. The van der Waals surface area contributed by atoms with Crippen LogP contribution < -0.4 is 15.8 Å². The van der Waals surface area contributed by atoms with Crippen LogP contribution in [0.1, 0.15) is 5.69 Å². The highest BCUT2D eigenvalue weighted by Crippen LogP contribution is 2.21. The zero-order valence-electron chi connectivity index (χ0n) is 10.6. The number of nitrogens with two attached hydrogens (primary N) is 1. The maximum atomic E-state index is 13.7. The lowest BCUT2D eigenvalue weighted by atomic mass is 10.3. The van der Waals surface area contributed by atoms with Gasteiger partial charge in [0.1, 0.15) is 18.7 Å². The van der Waals surface area contributed by atoms with Crippen molar-refractivity contribution in [2.75, 3.05) is 18.5 Å². The van der Waals surface area contributed by atoms with Crippen molar-refractivity contribution in [2.45, 2.75) is 6.92 Å². The third-order valence-electron chi connectivity index (χ3n) is 2.47. The number of benzene rings is 1. The molecule has 100 valence electrons. The average molecular weight is 262 g/mol. The Morgan fingerprint density at radius 2 is 2.00 bits per heavy atom. The molecule has 1 heterocycles. The molecule has 0 fully saturated rings. The van der Waals surface area contributed by atoms with Crippen molar-refractivity contribution in [3.8, 4) is 5.75 Å². The highest BCUT2D eigenvalue weighted by atomic mass is 19.1. The molecule has 0 atom stereocenters. The van der Waals surface area contributed by atoms with Gasteiger partial charge in [0.25, 0.3) is 0 Å². The fourth-order valence-electron chi connectivity index (χ4n) is 1.49. The summed E-state index contributed by atoms with van der Waals surface area (Å²) in [5.41, 5.74) is 6.37. The molecule has 0 radical (unpaired) electrons. The Kier molecular flexibility index (Phi) is 4.25. The van der Waals surface area contributed by atoms with E-state index in [1.165, 1.54) is 6.33 Å². The van der Waals surface area contributed by atoms with Crippen LogP contribution in [0.4, 0.5) is 15.9 Å². The van der Waals surface area contributed by atoms with Gasteiger partial charge < -0.3 is 15.8 Å². The number of rotatable bonds is 5. The lowest BCUT2D eigenvalue weighted by Gasteiger charge is -2.09. The number of aryl methyl sites for hydroxylation is 1. The first-order valence-electron chi connectivity index (χ1n) is 5.88. The smallest absolute Gasteiger partial charge is 0.186 e. The number of aromatic nitrogens is 2. The van der Waals surface area contributed by atoms with E-state index in [4.69, 9.17) is 10.5 Å². The van der Waals surface area contributed by atoms with E-state index in [0.717, 1.165) is 11.4 Å². The topological polar surface area (TPSA) is 73.1 Å². The molecule has 2 aromatic rings. The van der Waals surface area contributed by atoms with Gasteiger partial charge in [-0.3, -0.25) is 0 Å². The summed E-state index contributed by atoms with van der Waals surface area (Å²) in [6, 6.07) is 7.12. The lowest BCUT2D eigenvalue weighted by molar-refractivity contribution is 0.328. The third kappa shape index (κ3) is 3.38. The number of hydrogen-bond donors (Lipinski definition) is 2. The quantitative estimate of drug-likeness (QED) is 0.862. The summed E-state index contributed by atoms with van der Waals surface area (Å²) in [7, 11) is 0. The normalized spacial score (nSPS) is 10.3. The summed E-state index contributed by atoms with van der Waals surface area (Å²) >= 11 is 0. The van der Waals surface area contributed by atoms with Crippen molar-refractivity contribution in [1.29, 1.82) is 0 Å². The molecule has 19 heavy (non-hydrogen) atoms. The van der Waals surface area contributed by atoms with Gasteiger partial charge in [0, 0.05) is 12.2 Å². The zero-order valence-corrected chi connectivity index (χ0v) is 10.6. The van der Waals surface area contributed by atoms with Gasteiger partial charge >= 0.3 is 0 Å². The first-order chi connectivity index (χ1) is 9.20. The molecule has 6 heteroatoms. The number of ether oxygens (including phenoxy) is 1. The van der Waals surface area contributed by atoms with Gasteiger partial charge in [-0.05, 0) is 31.2 Å². The van der Waals surface area contributed by atoms with Crippen LogP contribution in [0.15, 0.2) is 30.6 Å². The van der Waals surface area contributed by atoms with Gasteiger partial charge in [0.2, 0.25) is 0 Å². The second-order valence-corrected chi connectivity index (χ2v) is 3.91. The Bertz CT molecular complexity index is 545. The monoisotopic (exact) mass is 262 g/mol. The molecule has 0 aliphatic rings. The van der Waals surface area contributed by atoms with Crippen molar-refractivity contribution in [1.82, 2.24) is 9.97 Å². The minimum Gasteiger partial charge on any atom is -0.492 e. The number of nitrogens with zero attached hydrogens (tertiary/aromatic N) is 2. The first kappa shape index (κ1) is 13.2. The largest absolute Gasteiger partial charge is 0.492 e. The Hall–Kier alpha value is -2.21. The van der Waals surface area contributed by atoms with Gasteiger partial charge in [0.15, 0.2) is 11.6 Å². The van der Waals surface area contributed by atoms with Crippen molar-refractivity contribution < 1.29 is 9.13 Å². The molecule has 0 aliphatic heterocycles. The summed E-state index contributed by atoms with van der Waals surface area (Å²) in [5, 5.41) is 2.89. The fourth-order valence-corrected chi connectivity index (χ4v) is 1.49. The summed E-state index contributed by atoms with van der Waals surface area (Å²) in [5.74, 6) is 0.421. The highest BCUT2D eigenvalue weighted by molar-refractivity contribution is 5.57. The van der Waals surface area contributed by atoms with E-state index >= 15 is 0 Å². The van der Waals surface area contributed by atoms with Crippen LogP contribution in [0.2, 0.25) is 0 Å². The predicted octanol–water partition coefficient (Wildman–Crippen LogP) is 2.01. The maximum absolute atomic E-state index is 13.7. The van der Waals surface area contributed by atoms with Crippen LogP contribution in [0.25, 0.3) is 0 Å².